The van der Waals surface area contributed by atoms with Crippen molar-refractivity contribution in [1.29, 1.82) is 0 Å². The lowest BCUT2D eigenvalue weighted by Crippen LogP contribution is -2.33. The normalized spacial score (nSPS) is 11.0. The molecule has 7 nitrogen and oxygen atoms in total. The summed E-state index contributed by atoms with van der Waals surface area (Å²) in [6.45, 7) is 1.29. The molecule has 134 valence electrons. The molecule has 2 aromatic rings. The molecule has 0 spiro atoms. The zero-order valence-electron chi connectivity index (χ0n) is 14.2. The number of benzene rings is 2. The van der Waals surface area contributed by atoms with Crippen molar-refractivity contribution in [3.8, 4) is 11.5 Å². The van der Waals surface area contributed by atoms with Crippen molar-refractivity contribution in [2.24, 2.45) is 0 Å². The summed E-state index contributed by atoms with van der Waals surface area (Å²) in [5, 5.41) is 2.61. The molecule has 0 saturated carbocycles. The van der Waals surface area contributed by atoms with E-state index in [1.165, 1.54) is 13.2 Å². The highest BCUT2D eigenvalue weighted by molar-refractivity contribution is 7.89. The van der Waals surface area contributed by atoms with Gasteiger partial charge in [-0.05, 0) is 55.0 Å². The average molecular weight is 364 g/mol. The summed E-state index contributed by atoms with van der Waals surface area (Å²) in [5.74, 6) is 0.752. The molecule has 8 heteroatoms. The number of hydrogen-bond donors (Lipinski definition) is 2. The van der Waals surface area contributed by atoms with E-state index in [1.54, 1.807) is 50.4 Å². The van der Waals surface area contributed by atoms with E-state index < -0.39 is 15.9 Å². The summed E-state index contributed by atoms with van der Waals surface area (Å²) < 4.78 is 37.1. The van der Waals surface area contributed by atoms with E-state index in [-0.39, 0.29) is 11.4 Å². The minimum Gasteiger partial charge on any atom is -0.497 e. The Balaban J connectivity index is 2.00. The molecule has 1 amide bonds. The predicted octanol–water partition coefficient (Wildman–Crippen LogP) is 1.93. The van der Waals surface area contributed by atoms with Crippen LogP contribution in [0.4, 0.5) is 5.69 Å². The topological polar surface area (TPSA) is 93.7 Å². The van der Waals surface area contributed by atoms with Crippen LogP contribution in [-0.2, 0) is 14.8 Å². The number of sulfonamides is 1. The van der Waals surface area contributed by atoms with Gasteiger partial charge >= 0.3 is 0 Å². The molecule has 0 aromatic heterocycles. The van der Waals surface area contributed by atoms with Gasteiger partial charge in [-0.25, -0.2) is 13.1 Å². The van der Waals surface area contributed by atoms with Crippen LogP contribution in [0.1, 0.15) is 5.56 Å². The van der Waals surface area contributed by atoms with Crippen molar-refractivity contribution in [3.63, 3.8) is 0 Å². The summed E-state index contributed by atoms with van der Waals surface area (Å²) >= 11 is 0. The van der Waals surface area contributed by atoms with Crippen LogP contribution in [0.5, 0.6) is 11.5 Å². The van der Waals surface area contributed by atoms with Gasteiger partial charge in [-0.3, -0.25) is 4.79 Å². The largest absolute Gasteiger partial charge is 0.497 e. The maximum Gasteiger partial charge on any atom is 0.241 e. The second-order valence-corrected chi connectivity index (χ2v) is 6.97. The summed E-state index contributed by atoms with van der Waals surface area (Å²) in [6.07, 6.45) is 0. The zero-order valence-corrected chi connectivity index (χ0v) is 15.0. The van der Waals surface area contributed by atoms with Crippen LogP contribution < -0.4 is 19.5 Å². The Kier molecular flexibility index (Phi) is 6.00. The fraction of sp³-hybridized carbons (Fsp3) is 0.235. The third-order valence-corrected chi connectivity index (χ3v) is 5.03. The first-order valence-electron chi connectivity index (χ1n) is 7.44. The van der Waals surface area contributed by atoms with Crippen LogP contribution in [0.15, 0.2) is 47.4 Å². The van der Waals surface area contributed by atoms with E-state index in [2.05, 4.69) is 10.0 Å². The van der Waals surface area contributed by atoms with Gasteiger partial charge in [0, 0.05) is 5.69 Å². The Bertz CT molecular complexity index is 848. The third-order valence-electron chi connectivity index (χ3n) is 3.47. The van der Waals surface area contributed by atoms with Crippen LogP contribution in [0.2, 0.25) is 0 Å². The van der Waals surface area contributed by atoms with Crippen molar-refractivity contribution in [2.75, 3.05) is 26.1 Å². The Morgan fingerprint density at radius 1 is 1.00 bits per heavy atom. The molecule has 2 aromatic carbocycles. The number of rotatable bonds is 7. The number of carbonyl (C=O) groups is 1. The van der Waals surface area contributed by atoms with Gasteiger partial charge in [0.1, 0.15) is 11.5 Å². The van der Waals surface area contributed by atoms with E-state index in [4.69, 9.17) is 9.47 Å². The molecule has 0 radical (unpaired) electrons. The van der Waals surface area contributed by atoms with Crippen molar-refractivity contribution in [2.45, 2.75) is 11.8 Å². The van der Waals surface area contributed by atoms with Crippen LogP contribution in [-0.4, -0.2) is 35.1 Å². The first-order chi connectivity index (χ1) is 11.9. The Hall–Kier alpha value is -2.58. The molecule has 0 fully saturated rings. The fourth-order valence-electron chi connectivity index (χ4n) is 2.17. The van der Waals surface area contributed by atoms with Crippen molar-refractivity contribution in [3.05, 3.63) is 48.0 Å². The molecular formula is C17H20N2O5S. The second-order valence-electron chi connectivity index (χ2n) is 5.23. The number of carbonyl (C=O) groups excluding carboxylic acids is 1. The van der Waals surface area contributed by atoms with E-state index in [0.717, 1.165) is 0 Å². The molecule has 0 bridgehead atoms. The van der Waals surface area contributed by atoms with Crippen LogP contribution in [0.3, 0.4) is 0 Å². The Labute approximate surface area is 147 Å². The molecule has 2 rings (SSSR count). The first kappa shape index (κ1) is 18.8. The van der Waals surface area contributed by atoms with Crippen molar-refractivity contribution in [1.82, 2.24) is 4.72 Å². The van der Waals surface area contributed by atoms with Gasteiger partial charge in [0.25, 0.3) is 0 Å². The number of aryl methyl sites for hydroxylation is 1. The zero-order chi connectivity index (χ0) is 18.4. The minimum atomic E-state index is -3.80. The lowest BCUT2D eigenvalue weighted by molar-refractivity contribution is -0.115. The van der Waals surface area contributed by atoms with Gasteiger partial charge in [-0.2, -0.15) is 0 Å². The van der Waals surface area contributed by atoms with Gasteiger partial charge < -0.3 is 14.8 Å². The van der Waals surface area contributed by atoms with Crippen LogP contribution in [0.25, 0.3) is 0 Å². The summed E-state index contributed by atoms with van der Waals surface area (Å²) in [4.78, 5) is 12.0. The average Bonchev–Trinajstić information content (AvgIpc) is 2.60. The Morgan fingerprint density at radius 2 is 1.60 bits per heavy atom. The molecule has 0 unspecified atom stereocenters. The van der Waals surface area contributed by atoms with Gasteiger partial charge in [-0.1, -0.05) is 0 Å². The highest BCUT2D eigenvalue weighted by Crippen LogP contribution is 2.20. The van der Waals surface area contributed by atoms with E-state index in [9.17, 15) is 13.2 Å². The predicted molar refractivity (Wildman–Crippen MR) is 94.5 cm³/mol. The van der Waals surface area contributed by atoms with Crippen LogP contribution in [0, 0.1) is 6.92 Å². The number of ether oxygens (including phenoxy) is 2. The lowest BCUT2D eigenvalue weighted by Gasteiger charge is -2.11. The first-order valence-corrected chi connectivity index (χ1v) is 8.92. The lowest BCUT2D eigenvalue weighted by atomic mass is 10.2. The number of nitrogens with one attached hydrogen (secondary N) is 2. The van der Waals surface area contributed by atoms with Crippen molar-refractivity contribution >= 4 is 21.6 Å². The summed E-state index contributed by atoms with van der Waals surface area (Å²) in [5.41, 5.74) is 1.08. The van der Waals surface area contributed by atoms with E-state index in [1.807, 2.05) is 0 Å². The van der Waals surface area contributed by atoms with Gasteiger partial charge in [-0.15, -0.1) is 0 Å². The SMILES string of the molecule is COc1ccc(NC(=O)CNS(=O)(=O)c2ccc(OC)cc2C)cc1. The van der Waals surface area contributed by atoms with Gasteiger partial charge in [0.05, 0.1) is 25.7 Å². The monoisotopic (exact) mass is 364 g/mol. The third kappa shape index (κ3) is 4.94. The van der Waals surface area contributed by atoms with Crippen LogP contribution >= 0.6 is 0 Å². The minimum absolute atomic E-state index is 0.102. The smallest absolute Gasteiger partial charge is 0.241 e. The number of anilines is 1. The van der Waals surface area contributed by atoms with Gasteiger partial charge in [0.15, 0.2) is 0 Å². The van der Waals surface area contributed by atoms with E-state index >= 15 is 0 Å². The molecule has 0 aliphatic rings. The molecule has 25 heavy (non-hydrogen) atoms. The summed E-state index contributed by atoms with van der Waals surface area (Å²) in [7, 11) is -0.751. The standard InChI is InChI=1S/C17H20N2O5S/c1-12-10-15(24-3)8-9-16(12)25(21,22)18-11-17(20)19-13-4-6-14(23-2)7-5-13/h4-10,18H,11H2,1-3H3,(H,19,20). The van der Waals surface area contributed by atoms with Crippen molar-refractivity contribution < 1.29 is 22.7 Å². The molecule has 0 heterocycles. The molecular weight excluding hydrogens is 344 g/mol. The highest BCUT2D eigenvalue weighted by Gasteiger charge is 2.18. The van der Waals surface area contributed by atoms with E-state index in [0.29, 0.717) is 22.7 Å². The number of methoxy groups -OCH3 is 2. The Morgan fingerprint density at radius 3 is 2.16 bits per heavy atom. The maximum atomic E-state index is 12.3. The number of hydrogen-bond acceptors (Lipinski definition) is 5. The quantitative estimate of drug-likeness (QED) is 0.783. The fourth-order valence-corrected chi connectivity index (χ4v) is 3.37. The van der Waals surface area contributed by atoms with Gasteiger partial charge in [0.2, 0.25) is 15.9 Å². The molecule has 0 atom stereocenters. The molecule has 0 saturated heterocycles. The molecule has 0 aliphatic heterocycles. The highest BCUT2D eigenvalue weighted by atomic mass is 32.2. The molecule has 0 aliphatic carbocycles. The number of amides is 1. The maximum absolute atomic E-state index is 12.3. The summed E-state index contributed by atoms with van der Waals surface area (Å²) in [6, 6.07) is 11.3. The second kappa shape index (κ2) is 8.00. The molecule has 2 N–H and O–H groups in total.